The second-order valence-electron chi connectivity index (χ2n) is 9.06. The molecule has 4 nitrogen and oxygen atoms in total. The molecule has 3 N–H and O–H groups in total. The quantitative estimate of drug-likeness (QED) is 0.474. The summed E-state index contributed by atoms with van der Waals surface area (Å²) >= 11 is 0. The van der Waals surface area contributed by atoms with Gasteiger partial charge in [-0.15, -0.1) is 0 Å². The number of aliphatic hydroxyl groups excluding tert-OH is 3. The van der Waals surface area contributed by atoms with Gasteiger partial charge in [-0.3, -0.25) is 0 Å². The van der Waals surface area contributed by atoms with Crippen LogP contribution >= 0.6 is 0 Å². The molecule has 0 amide bonds. The van der Waals surface area contributed by atoms with Gasteiger partial charge in [0.2, 0.25) is 0 Å². The van der Waals surface area contributed by atoms with E-state index in [4.69, 9.17) is 20.3 Å². The third-order valence-corrected chi connectivity index (χ3v) is 5.48. The second kappa shape index (κ2) is 18.4. The van der Waals surface area contributed by atoms with E-state index < -0.39 is 0 Å². The van der Waals surface area contributed by atoms with E-state index in [-0.39, 0.29) is 57.8 Å². The van der Waals surface area contributed by atoms with Gasteiger partial charge in [-0.05, 0) is 56.3 Å². The molecule has 0 saturated carbocycles. The zero-order chi connectivity index (χ0) is 23.9. The summed E-state index contributed by atoms with van der Waals surface area (Å²) in [6.45, 7) is 26.6. The molecule has 0 bridgehead atoms. The van der Waals surface area contributed by atoms with Crippen molar-refractivity contribution >= 4 is 0 Å². The van der Waals surface area contributed by atoms with Crippen molar-refractivity contribution in [2.75, 3.05) is 19.8 Å². The topological polar surface area (TPSA) is 74.8 Å². The first-order valence-corrected chi connectivity index (χ1v) is 11.3. The van der Waals surface area contributed by atoms with Crippen LogP contribution in [0.1, 0.15) is 119 Å². The fourth-order valence-corrected chi connectivity index (χ4v) is 2.34. The number of rotatable bonds is 6. The van der Waals surface area contributed by atoms with Crippen LogP contribution in [0.4, 0.5) is 0 Å². The van der Waals surface area contributed by atoms with Gasteiger partial charge in [-0.25, -0.2) is 0 Å². The summed E-state index contributed by atoms with van der Waals surface area (Å²) in [6, 6.07) is 2.39. The molecule has 1 rings (SSSR count). The zero-order valence-electron chi connectivity index (χ0n) is 22.1. The maximum Gasteiger partial charge on any atom is 0.0402 e. The van der Waals surface area contributed by atoms with Gasteiger partial charge in [0.1, 0.15) is 0 Å². The SMILES string of the molecule is CCC(C)(C)c1cc(C(C)(C)CC)c(C(C)(C)CC)[n-]1.CCO.CCO.CCO.[Ti]. The molecule has 1 aromatic heterocycles. The molecule has 0 radical (unpaired) electrons. The fourth-order valence-electron chi connectivity index (χ4n) is 2.34. The van der Waals surface area contributed by atoms with E-state index in [0.29, 0.717) is 0 Å². The first-order valence-electron chi connectivity index (χ1n) is 11.3. The molecule has 0 atom stereocenters. The van der Waals surface area contributed by atoms with Gasteiger partial charge in [0, 0.05) is 41.5 Å². The van der Waals surface area contributed by atoms with Crippen molar-refractivity contribution in [3.63, 3.8) is 0 Å². The molecule has 0 aliphatic heterocycles. The van der Waals surface area contributed by atoms with Crippen LogP contribution in [0.5, 0.6) is 0 Å². The Bertz CT molecular complexity index is 470. The Morgan fingerprint density at radius 3 is 1.20 bits per heavy atom. The molecule has 0 aliphatic rings. The van der Waals surface area contributed by atoms with E-state index in [1.807, 2.05) is 0 Å². The smallest absolute Gasteiger partial charge is 0.0402 e. The van der Waals surface area contributed by atoms with Gasteiger partial charge < -0.3 is 20.3 Å². The standard InChI is InChI=1S/C19H34N.3C2H6O.Ti/c1-10-17(4,5)14-13-15(18(6,7)11-2)20-16(14)19(8,9)12-3;3*1-2-3;/h13H,10-12H2,1-9H3;3*3H,2H2,1H3;/q-1;;;;. The molecule has 0 saturated heterocycles. The predicted molar refractivity (Wildman–Crippen MR) is 128 cm³/mol. The largest absolute Gasteiger partial charge is 0.664 e. The third-order valence-electron chi connectivity index (χ3n) is 5.48. The molecule has 0 fully saturated rings. The average Bonchev–Trinajstić information content (AvgIpc) is 3.12. The van der Waals surface area contributed by atoms with Crippen LogP contribution in [0.15, 0.2) is 6.07 Å². The van der Waals surface area contributed by atoms with Crippen LogP contribution in [0.3, 0.4) is 0 Å². The Kier molecular flexibility index (Phi) is 22.9. The molecule has 30 heavy (non-hydrogen) atoms. The van der Waals surface area contributed by atoms with Crippen LogP contribution in [0.25, 0.3) is 0 Å². The first-order chi connectivity index (χ1) is 13.3. The summed E-state index contributed by atoms with van der Waals surface area (Å²) in [5.74, 6) is 0. The van der Waals surface area contributed by atoms with Gasteiger partial charge in [0.25, 0.3) is 0 Å². The molecule has 0 aromatic carbocycles. The molecule has 180 valence electrons. The van der Waals surface area contributed by atoms with Crippen LogP contribution in [0, 0.1) is 0 Å². The van der Waals surface area contributed by atoms with Crippen molar-refractivity contribution in [2.45, 2.75) is 119 Å². The maximum atomic E-state index is 7.57. The minimum Gasteiger partial charge on any atom is -0.664 e. The minimum atomic E-state index is 0. The van der Waals surface area contributed by atoms with Crippen molar-refractivity contribution in [1.29, 1.82) is 0 Å². The molecule has 0 unspecified atom stereocenters. The van der Waals surface area contributed by atoms with Crippen molar-refractivity contribution < 1.29 is 37.0 Å². The monoisotopic (exact) mass is 462 g/mol. The minimum absolute atomic E-state index is 0. The normalized spacial score (nSPS) is 11.0. The van der Waals surface area contributed by atoms with Gasteiger partial charge in [-0.2, -0.15) is 11.4 Å². The van der Waals surface area contributed by atoms with Gasteiger partial charge in [0.05, 0.1) is 0 Å². The van der Waals surface area contributed by atoms with Crippen LogP contribution in [-0.2, 0) is 38.0 Å². The van der Waals surface area contributed by atoms with E-state index >= 15 is 0 Å². The number of hydrogen-bond donors (Lipinski definition) is 3. The van der Waals surface area contributed by atoms with Crippen LogP contribution in [0.2, 0.25) is 0 Å². The van der Waals surface area contributed by atoms with Crippen LogP contribution in [-0.4, -0.2) is 35.1 Å². The van der Waals surface area contributed by atoms with Crippen molar-refractivity contribution in [1.82, 2.24) is 4.98 Å². The number of aromatic nitrogens is 1. The molecule has 0 spiro atoms. The maximum absolute atomic E-state index is 7.57. The predicted octanol–water partition coefficient (Wildman–Crippen LogP) is 5.70. The van der Waals surface area contributed by atoms with E-state index in [1.54, 1.807) is 20.8 Å². The van der Waals surface area contributed by atoms with Crippen molar-refractivity contribution in [3.05, 3.63) is 23.0 Å². The van der Waals surface area contributed by atoms with Gasteiger partial charge >= 0.3 is 0 Å². The summed E-state index contributed by atoms with van der Waals surface area (Å²) in [5, 5.41) is 22.7. The number of aliphatic hydroxyl groups is 3. The Balaban J connectivity index is -0.000000289. The molecular formula is C25H52NO3Ti-. The van der Waals surface area contributed by atoms with E-state index in [0.717, 1.165) is 19.3 Å². The summed E-state index contributed by atoms with van der Waals surface area (Å²) < 4.78 is 0. The summed E-state index contributed by atoms with van der Waals surface area (Å²) in [7, 11) is 0. The first kappa shape index (κ1) is 37.2. The van der Waals surface area contributed by atoms with Gasteiger partial charge in [-0.1, -0.05) is 73.9 Å². The summed E-state index contributed by atoms with van der Waals surface area (Å²) in [5.41, 5.74) is 4.58. The number of hydrogen-bond acceptors (Lipinski definition) is 3. The zero-order valence-corrected chi connectivity index (χ0v) is 23.7. The Morgan fingerprint density at radius 1 is 0.633 bits per heavy atom. The van der Waals surface area contributed by atoms with E-state index in [2.05, 4.69) is 68.4 Å². The third kappa shape index (κ3) is 13.3. The van der Waals surface area contributed by atoms with E-state index in [1.165, 1.54) is 17.0 Å². The molecule has 0 aliphatic carbocycles. The van der Waals surface area contributed by atoms with Crippen LogP contribution < -0.4 is 4.98 Å². The molecular weight excluding hydrogens is 410 g/mol. The number of nitrogens with zero attached hydrogens (tertiary/aromatic N) is 1. The average molecular weight is 463 g/mol. The van der Waals surface area contributed by atoms with E-state index in [9.17, 15) is 0 Å². The second-order valence-corrected chi connectivity index (χ2v) is 9.06. The van der Waals surface area contributed by atoms with Crippen molar-refractivity contribution in [2.24, 2.45) is 0 Å². The Morgan fingerprint density at radius 2 is 0.933 bits per heavy atom. The van der Waals surface area contributed by atoms with Crippen molar-refractivity contribution in [3.8, 4) is 0 Å². The molecule has 5 heteroatoms. The molecule has 1 heterocycles. The Hall–Kier alpha value is -0.126. The summed E-state index contributed by atoms with van der Waals surface area (Å²) in [4.78, 5) is 5.11. The van der Waals surface area contributed by atoms with Gasteiger partial charge in [0.15, 0.2) is 0 Å². The Labute approximate surface area is 203 Å². The molecule has 1 aromatic rings. The summed E-state index contributed by atoms with van der Waals surface area (Å²) in [6.07, 6.45) is 3.41. The fraction of sp³-hybridized carbons (Fsp3) is 0.840.